The van der Waals surface area contributed by atoms with Gasteiger partial charge >= 0.3 is 0 Å². The monoisotopic (exact) mass is 303 g/mol. The van der Waals surface area contributed by atoms with Gasteiger partial charge in [-0.2, -0.15) is 5.10 Å². The molecule has 0 radical (unpaired) electrons. The molecule has 1 aromatic heterocycles. The summed E-state index contributed by atoms with van der Waals surface area (Å²) in [5.74, 6) is -0.230. The smallest absolute Gasteiger partial charge is 0.273 e. The standard InChI is InChI=1S/C19H17N3O/c1-14(11-15-7-3-2-4-8-15)12-21-22-19(23)17-13-20-18-10-6-5-9-16(17)18/h2-13,20H,1H3,(H,22,23)/b14-11+,21-12+. The highest BCUT2D eigenvalue weighted by molar-refractivity contribution is 6.06. The maximum absolute atomic E-state index is 12.2. The first-order valence-electron chi connectivity index (χ1n) is 7.37. The molecule has 4 heteroatoms. The summed E-state index contributed by atoms with van der Waals surface area (Å²) in [7, 11) is 0. The lowest BCUT2D eigenvalue weighted by molar-refractivity contribution is 0.0957. The predicted octanol–water partition coefficient (Wildman–Crippen LogP) is 3.99. The van der Waals surface area contributed by atoms with Gasteiger partial charge in [-0.1, -0.05) is 54.6 Å². The first kappa shape index (κ1) is 14.8. The summed E-state index contributed by atoms with van der Waals surface area (Å²) in [5.41, 5.74) is 6.13. The number of carbonyl (C=O) groups excluding carboxylic acids is 1. The molecule has 23 heavy (non-hydrogen) atoms. The highest BCUT2D eigenvalue weighted by Gasteiger charge is 2.10. The van der Waals surface area contributed by atoms with Gasteiger partial charge in [0.1, 0.15) is 0 Å². The van der Waals surface area contributed by atoms with Gasteiger partial charge in [-0.05, 0) is 24.1 Å². The summed E-state index contributed by atoms with van der Waals surface area (Å²) in [5, 5.41) is 4.91. The molecule has 2 N–H and O–H groups in total. The van der Waals surface area contributed by atoms with Gasteiger partial charge in [0, 0.05) is 17.1 Å². The van der Waals surface area contributed by atoms with E-state index in [9.17, 15) is 4.79 Å². The second kappa shape index (κ2) is 6.75. The molecule has 0 spiro atoms. The van der Waals surface area contributed by atoms with E-state index in [2.05, 4.69) is 15.5 Å². The quantitative estimate of drug-likeness (QED) is 0.556. The van der Waals surface area contributed by atoms with Crippen LogP contribution in [0.3, 0.4) is 0 Å². The molecule has 0 fully saturated rings. The minimum atomic E-state index is -0.230. The number of hydrazone groups is 1. The third-order valence-corrected chi connectivity index (χ3v) is 3.46. The lowest BCUT2D eigenvalue weighted by Crippen LogP contribution is -2.17. The van der Waals surface area contributed by atoms with Crippen molar-refractivity contribution in [2.45, 2.75) is 6.92 Å². The van der Waals surface area contributed by atoms with E-state index >= 15 is 0 Å². The molecule has 0 saturated heterocycles. The minimum Gasteiger partial charge on any atom is -0.360 e. The summed E-state index contributed by atoms with van der Waals surface area (Å²) in [6.07, 6.45) is 5.34. The number of fused-ring (bicyclic) bond motifs is 1. The zero-order valence-electron chi connectivity index (χ0n) is 12.8. The fourth-order valence-electron chi connectivity index (χ4n) is 2.36. The number of H-pyrrole nitrogens is 1. The van der Waals surface area contributed by atoms with Crippen LogP contribution in [0.15, 0.2) is 71.5 Å². The maximum atomic E-state index is 12.2. The van der Waals surface area contributed by atoms with Gasteiger partial charge in [-0.15, -0.1) is 0 Å². The van der Waals surface area contributed by atoms with E-state index < -0.39 is 0 Å². The van der Waals surface area contributed by atoms with Crippen molar-refractivity contribution < 1.29 is 4.79 Å². The van der Waals surface area contributed by atoms with Gasteiger partial charge in [0.2, 0.25) is 0 Å². The van der Waals surface area contributed by atoms with Crippen LogP contribution in [-0.2, 0) is 0 Å². The number of amides is 1. The largest absolute Gasteiger partial charge is 0.360 e. The number of benzene rings is 2. The zero-order chi connectivity index (χ0) is 16.1. The van der Waals surface area contributed by atoms with Gasteiger partial charge in [0.05, 0.1) is 11.8 Å². The minimum absolute atomic E-state index is 0.230. The Bertz CT molecular complexity index is 876. The molecule has 3 aromatic rings. The molecule has 1 heterocycles. The predicted molar refractivity (Wildman–Crippen MR) is 94.3 cm³/mol. The van der Waals surface area contributed by atoms with E-state index in [1.54, 1.807) is 12.4 Å². The fraction of sp³-hybridized carbons (Fsp3) is 0.0526. The van der Waals surface area contributed by atoms with E-state index in [0.717, 1.165) is 22.0 Å². The lowest BCUT2D eigenvalue weighted by atomic mass is 10.1. The van der Waals surface area contributed by atoms with Crippen molar-refractivity contribution in [1.29, 1.82) is 0 Å². The number of hydrogen-bond donors (Lipinski definition) is 2. The number of nitrogens with zero attached hydrogens (tertiary/aromatic N) is 1. The zero-order valence-corrected chi connectivity index (χ0v) is 12.8. The number of allylic oxidation sites excluding steroid dienone is 1. The SMILES string of the molecule is CC(/C=N/NC(=O)c1c[nH]c2ccccc12)=C\c1ccccc1. The highest BCUT2D eigenvalue weighted by Crippen LogP contribution is 2.17. The van der Waals surface area contributed by atoms with Crippen molar-refractivity contribution in [3.05, 3.63) is 77.5 Å². The van der Waals surface area contributed by atoms with Crippen LogP contribution in [-0.4, -0.2) is 17.1 Å². The first-order chi connectivity index (χ1) is 11.2. The van der Waals surface area contributed by atoms with E-state index in [0.29, 0.717) is 5.56 Å². The summed E-state index contributed by atoms with van der Waals surface area (Å²) in [6, 6.07) is 17.6. The summed E-state index contributed by atoms with van der Waals surface area (Å²) >= 11 is 0. The summed E-state index contributed by atoms with van der Waals surface area (Å²) in [4.78, 5) is 15.3. The molecular formula is C19H17N3O. The Morgan fingerprint density at radius 2 is 1.83 bits per heavy atom. The van der Waals surface area contributed by atoms with Crippen LogP contribution < -0.4 is 5.43 Å². The number of aromatic amines is 1. The Morgan fingerprint density at radius 3 is 2.65 bits per heavy atom. The molecule has 0 unspecified atom stereocenters. The molecular weight excluding hydrogens is 286 g/mol. The summed E-state index contributed by atoms with van der Waals surface area (Å²) < 4.78 is 0. The molecule has 114 valence electrons. The number of para-hydroxylation sites is 1. The van der Waals surface area contributed by atoms with Crippen LogP contribution >= 0.6 is 0 Å². The Balaban J connectivity index is 1.68. The Hall–Kier alpha value is -3.14. The molecule has 0 aliphatic carbocycles. The molecule has 0 aliphatic rings. The average molecular weight is 303 g/mol. The number of carbonyl (C=O) groups is 1. The Labute approximate surface area is 134 Å². The van der Waals surface area contributed by atoms with Crippen LogP contribution in [0.2, 0.25) is 0 Å². The fourth-order valence-corrected chi connectivity index (χ4v) is 2.36. The number of nitrogens with one attached hydrogen (secondary N) is 2. The van der Waals surface area contributed by atoms with Crippen molar-refractivity contribution in [3.63, 3.8) is 0 Å². The number of rotatable bonds is 4. The van der Waals surface area contributed by atoms with Crippen molar-refractivity contribution in [3.8, 4) is 0 Å². The molecule has 0 bridgehead atoms. The van der Waals surface area contributed by atoms with Crippen molar-refractivity contribution in [2.24, 2.45) is 5.10 Å². The topological polar surface area (TPSA) is 57.2 Å². The second-order valence-corrected chi connectivity index (χ2v) is 5.25. The molecule has 0 saturated carbocycles. The lowest BCUT2D eigenvalue weighted by Gasteiger charge is -1.98. The van der Waals surface area contributed by atoms with Gasteiger partial charge < -0.3 is 4.98 Å². The van der Waals surface area contributed by atoms with Crippen molar-refractivity contribution in [1.82, 2.24) is 10.4 Å². The molecule has 0 atom stereocenters. The highest BCUT2D eigenvalue weighted by atomic mass is 16.2. The average Bonchev–Trinajstić information content (AvgIpc) is 3.00. The second-order valence-electron chi connectivity index (χ2n) is 5.25. The summed E-state index contributed by atoms with van der Waals surface area (Å²) in [6.45, 7) is 1.94. The van der Waals surface area contributed by atoms with Crippen molar-refractivity contribution in [2.75, 3.05) is 0 Å². The Kier molecular flexibility index (Phi) is 4.34. The van der Waals surface area contributed by atoms with Crippen LogP contribution in [0.1, 0.15) is 22.8 Å². The van der Waals surface area contributed by atoms with Crippen LogP contribution in [0, 0.1) is 0 Å². The molecule has 2 aromatic carbocycles. The van der Waals surface area contributed by atoms with Crippen molar-refractivity contribution >= 4 is 29.1 Å². The third kappa shape index (κ3) is 3.55. The van der Waals surface area contributed by atoms with Crippen LogP contribution in [0.4, 0.5) is 0 Å². The first-order valence-corrected chi connectivity index (χ1v) is 7.37. The van der Waals surface area contributed by atoms with Gasteiger partial charge in [-0.25, -0.2) is 5.43 Å². The van der Waals surface area contributed by atoms with Crippen LogP contribution in [0.5, 0.6) is 0 Å². The van der Waals surface area contributed by atoms with Gasteiger partial charge in [0.15, 0.2) is 0 Å². The maximum Gasteiger partial charge on any atom is 0.273 e. The normalized spacial score (nSPS) is 12.0. The molecule has 1 amide bonds. The van der Waals surface area contributed by atoms with E-state index in [1.807, 2.05) is 67.6 Å². The van der Waals surface area contributed by atoms with Gasteiger partial charge in [0.25, 0.3) is 5.91 Å². The van der Waals surface area contributed by atoms with E-state index in [4.69, 9.17) is 0 Å². The third-order valence-electron chi connectivity index (χ3n) is 3.46. The molecule has 0 aliphatic heterocycles. The molecule has 3 rings (SSSR count). The van der Waals surface area contributed by atoms with E-state index in [1.165, 1.54) is 0 Å². The number of aromatic nitrogens is 1. The van der Waals surface area contributed by atoms with Crippen LogP contribution in [0.25, 0.3) is 17.0 Å². The van der Waals surface area contributed by atoms with E-state index in [-0.39, 0.29) is 5.91 Å². The Morgan fingerprint density at radius 1 is 1.09 bits per heavy atom. The molecule has 4 nitrogen and oxygen atoms in total. The van der Waals surface area contributed by atoms with Gasteiger partial charge in [-0.3, -0.25) is 4.79 Å². The number of hydrogen-bond acceptors (Lipinski definition) is 2.